The molecule has 0 N–H and O–H groups in total. The molecule has 1 aliphatic carbocycles. The van der Waals surface area contributed by atoms with E-state index in [2.05, 4.69) is 10.2 Å². The molecule has 10 heavy (non-hydrogen) atoms. The molecule has 1 saturated carbocycles. The van der Waals surface area contributed by atoms with Crippen LogP contribution in [-0.2, 0) is 26.2 Å². The Balaban J connectivity index is -0.000000163. The molecule has 1 aliphatic rings. The summed E-state index contributed by atoms with van der Waals surface area (Å²) in [5, 5.41) is 0. The van der Waals surface area contributed by atoms with E-state index >= 15 is 0 Å². The van der Waals surface area contributed by atoms with E-state index in [4.69, 9.17) is 0 Å². The smallest absolute Gasteiger partial charge is 1.00 e. The molecule has 0 aromatic rings. The summed E-state index contributed by atoms with van der Waals surface area (Å²) in [5.74, 6) is 0. The number of halogens is 2. The molecule has 1 fully saturated rings. The van der Waals surface area contributed by atoms with E-state index in [0.717, 1.165) is 5.54 Å². The Morgan fingerprint density at radius 2 is 1.30 bits per heavy atom. The zero-order valence-corrected chi connectivity index (χ0v) is 11.5. The van der Waals surface area contributed by atoms with Crippen molar-refractivity contribution in [2.24, 2.45) is 0 Å². The predicted molar refractivity (Wildman–Crippen MR) is 35.4 cm³/mol. The number of hydrogen-bond acceptors (Lipinski definition) is 0. The van der Waals surface area contributed by atoms with Crippen LogP contribution in [0.4, 0.5) is 0 Å². The Bertz CT molecular complexity index is 57.7. The quantitative estimate of drug-likeness (QED) is 0.390. The molecule has 0 bridgehead atoms. The minimum absolute atomic E-state index is 0. The molecule has 1 radical (unpaired) electrons. The molecule has 0 aromatic carbocycles. The average Bonchev–Trinajstić information content (AvgIpc) is 1.69. The minimum atomic E-state index is 0. The van der Waals surface area contributed by atoms with Crippen LogP contribution in [-0.4, -0.2) is 10.2 Å². The topological polar surface area (TPSA) is 0 Å². The molecule has 4 heteroatoms. The Morgan fingerprint density at radius 1 is 0.900 bits per heavy atom. The van der Waals surface area contributed by atoms with Crippen LogP contribution in [0.15, 0.2) is 0 Å². The Kier molecular flexibility index (Phi) is 18.9. The van der Waals surface area contributed by atoms with Crippen molar-refractivity contribution in [1.82, 2.24) is 0 Å². The first-order chi connectivity index (χ1) is 3.39. The molecule has 59 valence electrons. The summed E-state index contributed by atoms with van der Waals surface area (Å²) in [6.07, 6.45) is 7.48. The van der Waals surface area contributed by atoms with Crippen molar-refractivity contribution in [3.05, 3.63) is 0 Å². The van der Waals surface area contributed by atoms with Gasteiger partial charge in [0, 0.05) is 10.2 Å². The number of rotatable bonds is 0. The van der Waals surface area contributed by atoms with Crippen LogP contribution in [0.5, 0.6) is 0 Å². The molecule has 0 amide bonds. The van der Waals surface area contributed by atoms with E-state index in [1.165, 1.54) is 32.1 Å². The van der Waals surface area contributed by atoms with Gasteiger partial charge >= 0.3 is 26.2 Å². The van der Waals surface area contributed by atoms with Crippen molar-refractivity contribution in [1.29, 1.82) is 0 Å². The normalized spacial score (nSPS) is 17.7. The minimum Gasteiger partial charge on any atom is -1.00 e. The van der Waals surface area contributed by atoms with Crippen molar-refractivity contribution in [3.8, 4) is 0 Å². The average molecular weight is 275 g/mol. The van der Waals surface area contributed by atoms with E-state index in [0.29, 0.717) is 0 Å². The summed E-state index contributed by atoms with van der Waals surface area (Å²) in [6, 6.07) is 0. The van der Waals surface area contributed by atoms with Crippen LogP contribution in [0.3, 0.4) is 0 Å². The molecule has 0 atom stereocenters. The molecular weight excluding hydrogens is 262 g/mol. The van der Waals surface area contributed by atoms with E-state index in [1.807, 2.05) is 0 Å². The summed E-state index contributed by atoms with van der Waals surface area (Å²) < 4.78 is 0. The second-order valence-electron chi connectivity index (χ2n) is 2.50. The van der Waals surface area contributed by atoms with Gasteiger partial charge in [-0.3, -0.25) is 0 Å². The van der Waals surface area contributed by atoms with Crippen molar-refractivity contribution >= 4 is 10.2 Å². The van der Waals surface area contributed by atoms with Crippen LogP contribution in [0.25, 0.3) is 0 Å². The summed E-state index contributed by atoms with van der Waals surface area (Å²) in [4.78, 5) is 0. The van der Waals surface area contributed by atoms with E-state index < -0.39 is 0 Å². The predicted octanol–water partition coefficient (Wildman–Crippen LogP) is -4.62. The van der Waals surface area contributed by atoms with E-state index in [9.17, 15) is 0 Å². The largest absolute Gasteiger partial charge is 2.00 e. The van der Waals surface area contributed by atoms with Crippen LogP contribution in [0.2, 0.25) is 5.54 Å². The number of hydrogen-bond donors (Lipinski definition) is 0. The van der Waals surface area contributed by atoms with Gasteiger partial charge in [0.1, 0.15) is 0 Å². The fraction of sp³-hybridized carbons (Fsp3) is 1.00. The third kappa shape index (κ3) is 7.78. The molecule has 0 nitrogen and oxygen atoms in total. The monoisotopic (exact) mass is 273 g/mol. The molecule has 0 aromatic heterocycles. The van der Waals surface area contributed by atoms with Gasteiger partial charge in [0.25, 0.3) is 0 Å². The van der Waals surface area contributed by atoms with Gasteiger partial charge in [0.05, 0.1) is 0 Å². The summed E-state index contributed by atoms with van der Waals surface area (Å²) in [6.45, 7) is 0. The van der Waals surface area contributed by atoms with Gasteiger partial charge in [-0.05, 0) is 0 Å². The van der Waals surface area contributed by atoms with Gasteiger partial charge in [-0.25, -0.2) is 0 Å². The summed E-state index contributed by atoms with van der Waals surface area (Å²) in [7, 11) is 2.18. The molecule has 0 spiro atoms. The zero-order chi connectivity index (χ0) is 5.11. The van der Waals surface area contributed by atoms with Gasteiger partial charge in [-0.1, -0.05) is 37.6 Å². The first kappa shape index (κ1) is 17.7. The van der Waals surface area contributed by atoms with Crippen molar-refractivity contribution in [2.75, 3.05) is 0 Å². The summed E-state index contributed by atoms with van der Waals surface area (Å²) >= 11 is 0. The second kappa shape index (κ2) is 10.7. The summed E-state index contributed by atoms with van der Waals surface area (Å²) in [5.41, 5.74) is 1.06. The third-order valence-electron chi connectivity index (χ3n) is 1.72. The van der Waals surface area contributed by atoms with E-state index in [-0.39, 0.29) is 51.0 Å². The van der Waals surface area contributed by atoms with Crippen molar-refractivity contribution in [2.45, 2.75) is 37.6 Å². The molecule has 0 saturated heterocycles. The fourth-order valence-corrected chi connectivity index (χ4v) is 1.76. The zero-order valence-electron chi connectivity index (χ0n) is 6.08. The molecule has 1 rings (SSSR count). The molecule has 0 aliphatic heterocycles. The Morgan fingerprint density at radius 3 is 1.50 bits per heavy atom. The van der Waals surface area contributed by atoms with Crippen molar-refractivity contribution < 1.29 is 51.0 Å². The molecular formula is C6H13Cl2SiZr. The van der Waals surface area contributed by atoms with E-state index in [1.54, 1.807) is 0 Å². The molecule has 0 unspecified atom stereocenters. The second-order valence-corrected chi connectivity index (χ2v) is 3.66. The van der Waals surface area contributed by atoms with Crippen molar-refractivity contribution in [3.63, 3.8) is 0 Å². The molecule has 0 heterocycles. The van der Waals surface area contributed by atoms with Gasteiger partial charge < -0.3 is 24.8 Å². The van der Waals surface area contributed by atoms with Crippen LogP contribution < -0.4 is 24.8 Å². The van der Waals surface area contributed by atoms with Crippen LogP contribution >= 0.6 is 0 Å². The van der Waals surface area contributed by atoms with Gasteiger partial charge in [-0.15, -0.1) is 0 Å². The first-order valence-corrected chi connectivity index (χ1v) is 4.04. The Hall–Kier alpha value is 1.68. The maximum atomic E-state index is 2.18. The Labute approximate surface area is 98.3 Å². The third-order valence-corrected chi connectivity index (χ3v) is 2.54. The van der Waals surface area contributed by atoms with Crippen LogP contribution in [0.1, 0.15) is 32.1 Å². The van der Waals surface area contributed by atoms with Crippen LogP contribution in [0, 0.1) is 0 Å². The standard InChI is InChI=1S/C6H13Si.2ClH.Zr/c7-6-4-2-1-3-5-6;;;/h6H,1-5,7H2;2*1H;/q;;;+2/p-2. The maximum absolute atomic E-state index is 2.18. The maximum Gasteiger partial charge on any atom is 2.00 e. The van der Waals surface area contributed by atoms with Gasteiger partial charge in [-0.2, -0.15) is 0 Å². The SMILES string of the molecule is [Cl-].[Cl-].[SiH2]C1CCCCC1.[Zr+2]. The van der Waals surface area contributed by atoms with Gasteiger partial charge in [0.2, 0.25) is 0 Å². The fourth-order valence-electron chi connectivity index (χ4n) is 1.19. The van der Waals surface area contributed by atoms with Gasteiger partial charge in [0.15, 0.2) is 0 Å². The first-order valence-electron chi connectivity index (χ1n) is 3.22.